The maximum absolute atomic E-state index is 12.4. The van der Waals surface area contributed by atoms with E-state index < -0.39 is 0 Å². The Morgan fingerprint density at radius 1 is 1.11 bits per heavy atom. The first-order valence-corrected chi connectivity index (χ1v) is 9.85. The van der Waals surface area contributed by atoms with Gasteiger partial charge in [-0.15, -0.1) is 0 Å². The van der Waals surface area contributed by atoms with Crippen molar-refractivity contribution in [2.24, 2.45) is 0 Å². The zero-order chi connectivity index (χ0) is 19.8. The van der Waals surface area contributed by atoms with Gasteiger partial charge in [-0.3, -0.25) is 9.78 Å². The Morgan fingerprint density at radius 3 is 2.50 bits per heavy atom. The van der Waals surface area contributed by atoms with E-state index in [1.165, 1.54) is 5.56 Å². The number of carbonyl (C=O) groups excluding carboxylic acids is 2. The smallest absolute Gasteiger partial charge is 0.317 e. The lowest BCUT2D eigenvalue weighted by molar-refractivity contribution is -0.128. The van der Waals surface area contributed by atoms with Crippen LogP contribution >= 0.6 is 0 Å². The Bertz CT molecular complexity index is 759. The number of hydrogen-bond donors (Lipinski definition) is 1. The lowest BCUT2D eigenvalue weighted by Gasteiger charge is -2.32. The lowest BCUT2D eigenvalue weighted by atomic mass is 9.90. The minimum atomic E-state index is -0.155. The molecule has 2 heterocycles. The van der Waals surface area contributed by atoms with E-state index in [4.69, 9.17) is 0 Å². The van der Waals surface area contributed by atoms with Crippen molar-refractivity contribution in [3.05, 3.63) is 66.0 Å². The fourth-order valence-electron chi connectivity index (χ4n) is 3.49. The summed E-state index contributed by atoms with van der Waals surface area (Å²) in [4.78, 5) is 32.3. The van der Waals surface area contributed by atoms with Crippen LogP contribution in [0, 0.1) is 0 Å². The summed E-state index contributed by atoms with van der Waals surface area (Å²) < 4.78 is 0. The molecule has 0 saturated carbocycles. The lowest BCUT2D eigenvalue weighted by Crippen LogP contribution is -2.47. The van der Waals surface area contributed by atoms with Crippen molar-refractivity contribution in [1.29, 1.82) is 0 Å². The van der Waals surface area contributed by atoms with E-state index in [9.17, 15) is 9.59 Å². The van der Waals surface area contributed by atoms with E-state index in [1.807, 2.05) is 24.3 Å². The summed E-state index contributed by atoms with van der Waals surface area (Å²) in [6.45, 7) is 2.04. The van der Waals surface area contributed by atoms with Gasteiger partial charge in [-0.05, 0) is 36.5 Å². The van der Waals surface area contributed by atoms with Crippen LogP contribution in [0.25, 0.3) is 0 Å². The van der Waals surface area contributed by atoms with Gasteiger partial charge in [-0.25, -0.2) is 4.79 Å². The predicted molar refractivity (Wildman–Crippen MR) is 109 cm³/mol. The first-order chi connectivity index (χ1) is 13.6. The van der Waals surface area contributed by atoms with E-state index in [0.717, 1.165) is 31.6 Å². The summed E-state index contributed by atoms with van der Waals surface area (Å²) in [5, 5.41) is 2.77. The van der Waals surface area contributed by atoms with E-state index in [0.29, 0.717) is 18.9 Å². The summed E-state index contributed by atoms with van der Waals surface area (Å²) in [7, 11) is 1.75. The topological polar surface area (TPSA) is 65.5 Å². The molecule has 0 bridgehead atoms. The summed E-state index contributed by atoms with van der Waals surface area (Å²) in [5.74, 6) is 0.410. The summed E-state index contributed by atoms with van der Waals surface area (Å²) in [5.41, 5.74) is 2.29. The molecule has 3 rings (SSSR count). The molecular formula is C22H28N4O2. The molecule has 0 unspecified atom stereocenters. The number of nitrogens with zero attached hydrogens (tertiary/aromatic N) is 3. The van der Waals surface area contributed by atoms with Gasteiger partial charge in [-0.2, -0.15) is 0 Å². The van der Waals surface area contributed by atoms with Gasteiger partial charge in [0.25, 0.3) is 0 Å². The first-order valence-electron chi connectivity index (χ1n) is 9.85. The highest BCUT2D eigenvalue weighted by Gasteiger charge is 2.24. The number of nitrogens with one attached hydrogen (secondary N) is 1. The molecule has 1 aromatic carbocycles. The molecule has 0 aliphatic carbocycles. The second kappa shape index (κ2) is 9.88. The highest BCUT2D eigenvalue weighted by Crippen LogP contribution is 2.27. The molecular weight excluding hydrogens is 352 g/mol. The van der Waals surface area contributed by atoms with Crippen LogP contribution < -0.4 is 5.32 Å². The number of piperidine rings is 1. The van der Waals surface area contributed by atoms with Gasteiger partial charge in [-0.1, -0.05) is 36.4 Å². The van der Waals surface area contributed by atoms with Crippen molar-refractivity contribution in [1.82, 2.24) is 20.1 Å². The molecule has 0 atom stereocenters. The van der Waals surface area contributed by atoms with Gasteiger partial charge in [0.2, 0.25) is 5.91 Å². The van der Waals surface area contributed by atoms with Crippen LogP contribution in [0.1, 0.15) is 30.0 Å². The fourth-order valence-corrected chi connectivity index (χ4v) is 3.49. The first kappa shape index (κ1) is 19.9. The predicted octanol–water partition coefficient (Wildman–Crippen LogP) is 2.67. The SMILES string of the molecule is CN(CCc1ccccn1)C(=O)CNC(=O)N1CCC(c2ccccc2)CC1. The van der Waals surface area contributed by atoms with E-state index in [2.05, 4.69) is 34.6 Å². The van der Waals surface area contributed by atoms with Crippen LogP contribution in [0.4, 0.5) is 4.79 Å². The highest BCUT2D eigenvalue weighted by atomic mass is 16.2. The Balaban J connectivity index is 1.37. The third-order valence-electron chi connectivity index (χ3n) is 5.30. The molecule has 148 valence electrons. The van der Waals surface area contributed by atoms with E-state index in [-0.39, 0.29) is 18.5 Å². The number of urea groups is 1. The number of likely N-dealkylation sites (tertiary alicyclic amines) is 1. The van der Waals surface area contributed by atoms with Gasteiger partial charge in [0.1, 0.15) is 0 Å². The van der Waals surface area contributed by atoms with Crippen LogP contribution in [0.15, 0.2) is 54.7 Å². The molecule has 6 heteroatoms. The molecule has 28 heavy (non-hydrogen) atoms. The monoisotopic (exact) mass is 380 g/mol. The molecule has 1 aliphatic rings. The molecule has 0 radical (unpaired) electrons. The number of rotatable bonds is 6. The molecule has 3 amide bonds. The third kappa shape index (κ3) is 5.55. The van der Waals surface area contributed by atoms with Crippen LogP contribution in [0.2, 0.25) is 0 Å². The van der Waals surface area contributed by atoms with Crippen LogP contribution in [-0.4, -0.2) is 59.9 Å². The standard InChI is InChI=1S/C22H28N4O2/c1-25(14-12-20-9-5-6-13-23-20)21(27)17-24-22(28)26-15-10-19(11-16-26)18-7-3-2-4-8-18/h2-9,13,19H,10-12,14-17H2,1H3,(H,24,28). The maximum atomic E-state index is 12.4. The molecule has 0 spiro atoms. The number of pyridine rings is 1. The number of aromatic nitrogens is 1. The van der Waals surface area contributed by atoms with Gasteiger partial charge in [0, 0.05) is 45.0 Å². The van der Waals surface area contributed by atoms with Crippen molar-refractivity contribution in [2.75, 3.05) is 33.2 Å². The highest BCUT2D eigenvalue weighted by molar-refractivity contribution is 5.83. The zero-order valence-corrected chi connectivity index (χ0v) is 16.4. The summed E-state index contributed by atoms with van der Waals surface area (Å²) in [6, 6.07) is 16.0. The average molecular weight is 380 g/mol. The van der Waals surface area contributed by atoms with E-state index in [1.54, 1.807) is 23.0 Å². The Hall–Kier alpha value is -2.89. The van der Waals surface area contributed by atoms with Gasteiger partial charge in [0.15, 0.2) is 0 Å². The maximum Gasteiger partial charge on any atom is 0.317 e. The van der Waals surface area contributed by atoms with Gasteiger partial charge >= 0.3 is 6.03 Å². The number of amides is 3. The number of likely N-dealkylation sites (N-methyl/N-ethyl adjacent to an activating group) is 1. The molecule has 1 saturated heterocycles. The largest absolute Gasteiger partial charge is 0.344 e. The fraction of sp³-hybridized carbons (Fsp3) is 0.409. The van der Waals surface area contributed by atoms with Crippen molar-refractivity contribution < 1.29 is 9.59 Å². The Kier molecular flexibility index (Phi) is 7.00. The van der Waals surface area contributed by atoms with Gasteiger partial charge in [0.05, 0.1) is 6.54 Å². The summed E-state index contributed by atoms with van der Waals surface area (Å²) >= 11 is 0. The number of hydrogen-bond acceptors (Lipinski definition) is 3. The second-order valence-electron chi connectivity index (χ2n) is 7.22. The van der Waals surface area contributed by atoms with Crippen LogP contribution in [-0.2, 0) is 11.2 Å². The normalized spacial score (nSPS) is 14.5. The Labute approximate surface area is 166 Å². The second-order valence-corrected chi connectivity index (χ2v) is 7.22. The van der Waals surface area contributed by atoms with E-state index >= 15 is 0 Å². The number of carbonyl (C=O) groups is 2. The minimum Gasteiger partial charge on any atom is -0.344 e. The van der Waals surface area contributed by atoms with Crippen molar-refractivity contribution in [3.8, 4) is 0 Å². The third-order valence-corrected chi connectivity index (χ3v) is 5.30. The minimum absolute atomic E-state index is 0.0240. The van der Waals surface area contributed by atoms with Crippen molar-refractivity contribution in [2.45, 2.75) is 25.2 Å². The molecule has 6 nitrogen and oxygen atoms in total. The molecule has 2 aromatic rings. The van der Waals surface area contributed by atoms with Gasteiger partial charge < -0.3 is 15.1 Å². The van der Waals surface area contributed by atoms with Crippen molar-refractivity contribution >= 4 is 11.9 Å². The van der Waals surface area contributed by atoms with Crippen LogP contribution in [0.3, 0.4) is 0 Å². The average Bonchev–Trinajstić information content (AvgIpc) is 2.77. The Morgan fingerprint density at radius 2 is 1.82 bits per heavy atom. The quantitative estimate of drug-likeness (QED) is 0.838. The zero-order valence-electron chi connectivity index (χ0n) is 16.4. The van der Waals surface area contributed by atoms with Crippen molar-refractivity contribution in [3.63, 3.8) is 0 Å². The van der Waals surface area contributed by atoms with Crippen LogP contribution in [0.5, 0.6) is 0 Å². The molecule has 1 aliphatic heterocycles. The molecule has 1 aromatic heterocycles. The summed E-state index contributed by atoms with van der Waals surface area (Å²) in [6.07, 6.45) is 4.35. The molecule has 1 N–H and O–H groups in total. The number of benzene rings is 1. The molecule has 1 fully saturated rings.